The average Bonchev–Trinajstić information content (AvgIpc) is 3.22. The lowest BCUT2D eigenvalue weighted by molar-refractivity contribution is -0.167. The van der Waals surface area contributed by atoms with Gasteiger partial charge in [0.2, 0.25) is 0 Å². The van der Waals surface area contributed by atoms with Crippen molar-refractivity contribution in [2.24, 2.45) is 17.8 Å². The minimum Gasteiger partial charge on any atom is -0.462 e. The van der Waals surface area contributed by atoms with Crippen LogP contribution < -0.4 is 0 Å². The number of hydrogen-bond donors (Lipinski definition) is 0. The molecule has 0 bridgehead atoms. The van der Waals surface area contributed by atoms with E-state index < -0.39 is 6.10 Å². The van der Waals surface area contributed by atoms with Gasteiger partial charge in [-0.2, -0.15) is 0 Å². The van der Waals surface area contributed by atoms with Crippen molar-refractivity contribution in [3.05, 3.63) is 0 Å². The molecular formula is C55H106O6. The zero-order valence-electron chi connectivity index (χ0n) is 42.0. The van der Waals surface area contributed by atoms with Crippen LogP contribution in [-0.2, 0) is 28.6 Å². The Labute approximate surface area is 380 Å². The summed E-state index contributed by atoms with van der Waals surface area (Å²) in [7, 11) is 0. The van der Waals surface area contributed by atoms with Gasteiger partial charge in [-0.15, -0.1) is 0 Å². The number of carbonyl (C=O) groups excluding carboxylic acids is 3. The summed E-state index contributed by atoms with van der Waals surface area (Å²) < 4.78 is 16.8. The van der Waals surface area contributed by atoms with Gasteiger partial charge >= 0.3 is 17.9 Å². The van der Waals surface area contributed by atoms with E-state index >= 15 is 0 Å². The molecule has 0 aromatic heterocycles. The Morgan fingerprint density at radius 1 is 0.279 bits per heavy atom. The fourth-order valence-corrected chi connectivity index (χ4v) is 8.29. The minimum absolute atomic E-state index is 0.0646. The van der Waals surface area contributed by atoms with Gasteiger partial charge in [-0.1, -0.05) is 260 Å². The number of ether oxygens (including phenoxy) is 3. The fraction of sp³-hybridized carbons (Fsp3) is 0.945. The number of unbranched alkanes of at least 4 members (excludes halogenated alkanes) is 31. The second-order valence-corrected chi connectivity index (χ2v) is 20.3. The van der Waals surface area contributed by atoms with E-state index in [2.05, 4.69) is 41.5 Å². The molecule has 1 atom stereocenters. The lowest BCUT2D eigenvalue weighted by Crippen LogP contribution is -2.30. The number of rotatable bonds is 48. The van der Waals surface area contributed by atoms with Gasteiger partial charge in [0.15, 0.2) is 6.10 Å². The Kier molecular flexibility index (Phi) is 45.2. The Morgan fingerprint density at radius 2 is 0.475 bits per heavy atom. The highest BCUT2D eigenvalue weighted by Gasteiger charge is 2.19. The van der Waals surface area contributed by atoms with Crippen molar-refractivity contribution >= 4 is 17.9 Å². The van der Waals surface area contributed by atoms with Crippen molar-refractivity contribution in [1.82, 2.24) is 0 Å². The standard InChI is InChI=1S/C55H106O6/c1-49(2)41-35-29-23-18-14-10-7-8-12-17-21-27-34-40-46-55(58)61-52(48-60-54(57)45-39-33-28-22-25-31-37-43-51(5)6)47-59-53(56)44-38-32-26-20-16-13-9-11-15-19-24-30-36-42-50(3)4/h49-52H,7-48H2,1-6H3/t52-/m0/s1. The third kappa shape index (κ3) is 49.3. The quantitative estimate of drug-likeness (QED) is 0.0344. The first-order chi connectivity index (χ1) is 29.6. The van der Waals surface area contributed by atoms with Gasteiger partial charge in [0, 0.05) is 19.3 Å². The highest BCUT2D eigenvalue weighted by molar-refractivity contribution is 5.71. The van der Waals surface area contributed by atoms with Crippen molar-refractivity contribution in [3.8, 4) is 0 Å². The number of hydrogen-bond acceptors (Lipinski definition) is 6. The summed E-state index contributed by atoms with van der Waals surface area (Å²) in [5.41, 5.74) is 0. The molecule has 0 aromatic carbocycles. The van der Waals surface area contributed by atoms with Gasteiger partial charge in [0.25, 0.3) is 0 Å². The van der Waals surface area contributed by atoms with E-state index in [1.807, 2.05) is 0 Å². The van der Waals surface area contributed by atoms with Gasteiger partial charge < -0.3 is 14.2 Å². The Hall–Kier alpha value is -1.59. The van der Waals surface area contributed by atoms with Crippen LogP contribution in [0.3, 0.4) is 0 Å². The highest BCUT2D eigenvalue weighted by atomic mass is 16.6. The molecule has 0 fully saturated rings. The molecule has 0 aliphatic heterocycles. The Balaban J connectivity index is 4.27. The van der Waals surface area contributed by atoms with Crippen molar-refractivity contribution < 1.29 is 28.6 Å². The summed E-state index contributed by atoms with van der Waals surface area (Å²) >= 11 is 0. The van der Waals surface area contributed by atoms with Crippen LogP contribution in [0.25, 0.3) is 0 Å². The van der Waals surface area contributed by atoms with Crippen LogP contribution in [0.2, 0.25) is 0 Å². The molecule has 362 valence electrons. The first kappa shape index (κ1) is 59.4. The summed E-state index contributed by atoms with van der Waals surface area (Å²) in [6.45, 7) is 13.7. The summed E-state index contributed by atoms with van der Waals surface area (Å²) in [5.74, 6) is 1.61. The van der Waals surface area contributed by atoms with Crippen LogP contribution in [0, 0.1) is 17.8 Å². The predicted molar refractivity (Wildman–Crippen MR) is 261 cm³/mol. The summed E-state index contributed by atoms with van der Waals surface area (Å²) in [6, 6.07) is 0. The maximum Gasteiger partial charge on any atom is 0.306 e. The van der Waals surface area contributed by atoms with Crippen LogP contribution in [0.1, 0.15) is 298 Å². The molecule has 0 saturated carbocycles. The SMILES string of the molecule is CC(C)CCCCCCCCCCCCCCCCC(=O)O[C@@H](COC(=O)CCCCCCCCCCCCCCCC(C)C)COC(=O)CCCCCCCCCC(C)C. The number of carbonyl (C=O) groups is 3. The molecule has 61 heavy (non-hydrogen) atoms. The third-order valence-electron chi connectivity index (χ3n) is 12.4. The highest BCUT2D eigenvalue weighted by Crippen LogP contribution is 2.18. The van der Waals surface area contributed by atoms with Crippen LogP contribution in [0.4, 0.5) is 0 Å². The topological polar surface area (TPSA) is 78.9 Å². The van der Waals surface area contributed by atoms with Gasteiger partial charge in [-0.25, -0.2) is 0 Å². The van der Waals surface area contributed by atoms with Crippen LogP contribution >= 0.6 is 0 Å². The smallest absolute Gasteiger partial charge is 0.306 e. The second-order valence-electron chi connectivity index (χ2n) is 20.3. The largest absolute Gasteiger partial charge is 0.462 e. The molecule has 0 saturated heterocycles. The van der Waals surface area contributed by atoms with Crippen LogP contribution in [0.15, 0.2) is 0 Å². The Bertz CT molecular complexity index is 945. The van der Waals surface area contributed by atoms with Crippen molar-refractivity contribution in [1.29, 1.82) is 0 Å². The maximum atomic E-state index is 12.8. The molecule has 6 nitrogen and oxygen atoms in total. The average molecular weight is 863 g/mol. The zero-order valence-corrected chi connectivity index (χ0v) is 42.0. The van der Waals surface area contributed by atoms with Gasteiger partial charge in [0.1, 0.15) is 13.2 Å². The van der Waals surface area contributed by atoms with Crippen molar-refractivity contribution in [3.63, 3.8) is 0 Å². The van der Waals surface area contributed by atoms with E-state index in [0.717, 1.165) is 75.5 Å². The molecule has 6 heteroatoms. The van der Waals surface area contributed by atoms with E-state index in [4.69, 9.17) is 14.2 Å². The first-order valence-corrected chi connectivity index (χ1v) is 27.1. The lowest BCUT2D eigenvalue weighted by Gasteiger charge is -2.18. The molecule has 0 spiro atoms. The molecule has 0 unspecified atom stereocenters. The molecule has 0 aliphatic carbocycles. The van der Waals surface area contributed by atoms with Gasteiger partial charge in [0.05, 0.1) is 0 Å². The third-order valence-corrected chi connectivity index (χ3v) is 12.4. The summed E-state index contributed by atoms with van der Waals surface area (Å²) in [4.78, 5) is 38.0. The van der Waals surface area contributed by atoms with E-state index in [0.29, 0.717) is 19.3 Å². The van der Waals surface area contributed by atoms with E-state index in [1.54, 1.807) is 0 Å². The van der Waals surface area contributed by atoms with Crippen LogP contribution in [0.5, 0.6) is 0 Å². The predicted octanol–water partition coefficient (Wildman–Crippen LogP) is 17.6. The van der Waals surface area contributed by atoms with Crippen LogP contribution in [-0.4, -0.2) is 37.2 Å². The minimum atomic E-state index is -0.763. The summed E-state index contributed by atoms with van der Waals surface area (Å²) in [6.07, 6.45) is 46.7. The first-order valence-electron chi connectivity index (χ1n) is 27.1. The van der Waals surface area contributed by atoms with E-state index in [1.165, 1.54) is 180 Å². The molecule has 0 radical (unpaired) electrons. The monoisotopic (exact) mass is 863 g/mol. The maximum absolute atomic E-state index is 12.8. The lowest BCUT2D eigenvalue weighted by atomic mass is 10.0. The van der Waals surface area contributed by atoms with Crippen molar-refractivity contribution in [2.75, 3.05) is 13.2 Å². The van der Waals surface area contributed by atoms with E-state index in [9.17, 15) is 14.4 Å². The summed E-state index contributed by atoms with van der Waals surface area (Å²) in [5, 5.41) is 0. The molecule has 0 amide bonds. The molecule has 0 rings (SSSR count). The molecular weight excluding hydrogens is 757 g/mol. The molecule has 0 aliphatic rings. The number of esters is 3. The molecule has 0 aromatic rings. The normalized spacial score (nSPS) is 12.1. The molecule has 0 N–H and O–H groups in total. The fourth-order valence-electron chi connectivity index (χ4n) is 8.29. The zero-order chi connectivity index (χ0) is 44.9. The van der Waals surface area contributed by atoms with Gasteiger partial charge in [-0.3, -0.25) is 14.4 Å². The second kappa shape index (κ2) is 46.4. The molecule has 0 heterocycles. The Morgan fingerprint density at radius 3 is 0.705 bits per heavy atom. The van der Waals surface area contributed by atoms with E-state index in [-0.39, 0.29) is 31.1 Å². The van der Waals surface area contributed by atoms with Gasteiger partial charge in [-0.05, 0) is 37.0 Å². The van der Waals surface area contributed by atoms with Crippen molar-refractivity contribution in [2.45, 2.75) is 304 Å².